The van der Waals surface area contributed by atoms with Crippen molar-refractivity contribution >= 4 is 17.3 Å². The van der Waals surface area contributed by atoms with Crippen LogP contribution in [0.3, 0.4) is 0 Å². The van der Waals surface area contributed by atoms with E-state index in [9.17, 15) is 4.79 Å². The van der Waals surface area contributed by atoms with Crippen LogP contribution in [0.15, 0.2) is 88.4 Å². The molecule has 1 aromatic rings. The number of carbonyl (C=O) groups is 1. The van der Waals surface area contributed by atoms with Crippen LogP contribution < -0.4 is 10.6 Å². The minimum Gasteiger partial charge on any atom is -0.501 e. The van der Waals surface area contributed by atoms with Crippen LogP contribution in [0.2, 0.25) is 0 Å². The molecular formula is C39H53N7O3. The zero-order valence-electron chi connectivity index (χ0n) is 30.3. The molecule has 0 aromatic carbocycles. The largest absolute Gasteiger partial charge is 0.501 e. The minimum atomic E-state index is -0.219. The first-order valence-electron chi connectivity index (χ1n) is 17.8. The molecule has 0 saturated carbocycles. The lowest BCUT2D eigenvalue weighted by Crippen LogP contribution is -2.50. The van der Waals surface area contributed by atoms with Crippen molar-refractivity contribution in [1.82, 2.24) is 30.0 Å². The lowest BCUT2D eigenvalue weighted by molar-refractivity contribution is -0.115. The van der Waals surface area contributed by atoms with Gasteiger partial charge in [-0.3, -0.25) is 9.69 Å². The van der Waals surface area contributed by atoms with Crippen molar-refractivity contribution in [2.45, 2.75) is 66.0 Å². The van der Waals surface area contributed by atoms with Crippen molar-refractivity contribution < 1.29 is 14.3 Å². The molecule has 5 unspecified atom stereocenters. The summed E-state index contributed by atoms with van der Waals surface area (Å²) in [5, 5.41) is 6.75. The number of aryl methyl sites for hydroxylation is 1. The number of nitrogens with zero attached hydrogens (tertiary/aromatic N) is 5. The number of fused-ring (bicyclic) bond motifs is 3. The van der Waals surface area contributed by atoms with Crippen molar-refractivity contribution in [3.8, 4) is 0 Å². The van der Waals surface area contributed by atoms with Crippen molar-refractivity contribution in [2.24, 2.45) is 22.7 Å². The van der Waals surface area contributed by atoms with Gasteiger partial charge in [-0.15, -0.1) is 0 Å². The first kappa shape index (κ1) is 34.7. The number of aliphatic imine (C=N–C) groups is 1. The van der Waals surface area contributed by atoms with E-state index >= 15 is 0 Å². The highest BCUT2D eigenvalue weighted by Crippen LogP contribution is 2.47. The van der Waals surface area contributed by atoms with Gasteiger partial charge >= 0.3 is 0 Å². The Labute approximate surface area is 291 Å². The summed E-state index contributed by atoms with van der Waals surface area (Å²) in [6.07, 6.45) is 17.0. The molecule has 262 valence electrons. The van der Waals surface area contributed by atoms with E-state index in [1.807, 2.05) is 12.3 Å². The Balaban J connectivity index is 1.32. The van der Waals surface area contributed by atoms with Crippen LogP contribution in [0.25, 0.3) is 5.57 Å². The van der Waals surface area contributed by atoms with Gasteiger partial charge in [0.25, 0.3) is 0 Å². The van der Waals surface area contributed by atoms with Crippen LogP contribution in [0, 0.1) is 24.7 Å². The smallest absolute Gasteiger partial charge is 0.247 e. The van der Waals surface area contributed by atoms with Gasteiger partial charge in [-0.05, 0) is 69.0 Å². The molecule has 0 bridgehead atoms. The first-order chi connectivity index (χ1) is 23.6. The Morgan fingerprint density at radius 2 is 1.86 bits per heavy atom. The second-order valence-electron chi connectivity index (χ2n) is 13.9. The summed E-state index contributed by atoms with van der Waals surface area (Å²) in [6, 6.07) is 0.370. The number of nitrogens with one attached hydrogen (secondary N) is 2. The summed E-state index contributed by atoms with van der Waals surface area (Å²) in [5.41, 5.74) is 6.12. The van der Waals surface area contributed by atoms with Crippen LogP contribution in [0.5, 0.6) is 0 Å². The van der Waals surface area contributed by atoms with E-state index in [0.29, 0.717) is 0 Å². The fourth-order valence-corrected chi connectivity index (χ4v) is 8.05. The molecule has 49 heavy (non-hydrogen) atoms. The number of piperazine rings is 1. The van der Waals surface area contributed by atoms with Gasteiger partial charge in [-0.2, -0.15) is 0 Å². The molecule has 0 radical (unpaired) electrons. The van der Waals surface area contributed by atoms with E-state index in [0.717, 1.165) is 109 Å². The summed E-state index contributed by atoms with van der Waals surface area (Å²) >= 11 is 0. The summed E-state index contributed by atoms with van der Waals surface area (Å²) < 4.78 is 14.0. The zero-order valence-corrected chi connectivity index (χ0v) is 30.3. The average Bonchev–Trinajstić information content (AvgIpc) is 3.50. The molecule has 2 N–H and O–H groups in total. The number of amides is 1. The zero-order chi connectivity index (χ0) is 34.8. The number of imidazole rings is 1. The molecule has 5 aliphatic rings. The number of aromatic nitrogens is 2. The van der Waals surface area contributed by atoms with Gasteiger partial charge in [0.15, 0.2) is 0 Å². The van der Waals surface area contributed by atoms with E-state index in [4.69, 9.17) is 19.5 Å². The molecule has 5 atom stereocenters. The van der Waals surface area contributed by atoms with Crippen LogP contribution in [0.4, 0.5) is 0 Å². The van der Waals surface area contributed by atoms with Crippen LogP contribution in [-0.2, 0) is 14.3 Å². The monoisotopic (exact) mass is 667 g/mol. The van der Waals surface area contributed by atoms with E-state index in [2.05, 4.69) is 90.6 Å². The van der Waals surface area contributed by atoms with Gasteiger partial charge in [0, 0.05) is 74.0 Å². The van der Waals surface area contributed by atoms with E-state index in [1.165, 1.54) is 6.08 Å². The molecule has 1 saturated heterocycles. The number of amidine groups is 1. The van der Waals surface area contributed by atoms with E-state index in [-0.39, 0.29) is 35.7 Å². The lowest BCUT2D eigenvalue weighted by Gasteiger charge is -2.39. The fraction of sp³-hybridized carbons (Fsp3) is 0.513. The molecule has 2 aliphatic carbocycles. The van der Waals surface area contributed by atoms with Gasteiger partial charge < -0.3 is 29.6 Å². The molecule has 1 aromatic heterocycles. The summed E-state index contributed by atoms with van der Waals surface area (Å²) in [4.78, 5) is 27.8. The van der Waals surface area contributed by atoms with Crippen LogP contribution in [0.1, 0.15) is 64.5 Å². The molecule has 0 spiro atoms. The first-order valence-corrected chi connectivity index (χ1v) is 17.8. The maximum atomic E-state index is 12.6. The maximum absolute atomic E-state index is 12.6. The highest BCUT2D eigenvalue weighted by Gasteiger charge is 2.38. The molecular weight excluding hydrogens is 614 g/mol. The minimum absolute atomic E-state index is 0.0368. The molecule has 4 heterocycles. The van der Waals surface area contributed by atoms with Gasteiger partial charge in [0.1, 0.15) is 23.2 Å². The normalized spacial score (nSPS) is 27.9. The topological polar surface area (TPSA) is 96.2 Å². The number of ether oxygens (including phenoxy) is 2. The number of hydrogen-bond donors (Lipinski definition) is 2. The molecule has 6 rings (SSSR count). The number of rotatable bonds is 8. The number of likely N-dealkylation sites (N-methyl/N-ethyl adjacent to an activating group) is 1. The molecule has 3 aliphatic heterocycles. The highest BCUT2D eigenvalue weighted by atomic mass is 16.5. The van der Waals surface area contributed by atoms with Crippen molar-refractivity contribution in [3.63, 3.8) is 0 Å². The number of carbonyl (C=O) groups excluding carboxylic acids is 1. The Bertz CT molecular complexity index is 1680. The second-order valence-corrected chi connectivity index (χ2v) is 13.9. The Hall–Kier alpha value is -4.15. The summed E-state index contributed by atoms with van der Waals surface area (Å²) in [5.74, 6) is 3.73. The Morgan fingerprint density at radius 1 is 1.08 bits per heavy atom. The molecule has 1 fully saturated rings. The lowest BCUT2D eigenvalue weighted by atomic mass is 9.74. The summed E-state index contributed by atoms with van der Waals surface area (Å²) in [6.45, 7) is 19.8. The van der Waals surface area contributed by atoms with E-state index < -0.39 is 0 Å². The highest BCUT2D eigenvalue weighted by molar-refractivity contribution is 5.90. The third kappa shape index (κ3) is 6.99. The standard InChI is InChI=1S/C39H53N7O3/c1-9-36(47)42-32-20-29(45-17-15-44(10-2)16-18-45)12-13-31(32)43-38-24(3)11-14-33-28(22-40-38)19-30(39-41-25(4)23-46(33)39)37-26(5)34(48-7)21-35(49-8)27(37)6/h9,13,19-24,26,29,33,37H,1,10-12,14-18H2,2-8H3,(H,40,43)(H,42,47). The third-order valence-electron chi connectivity index (χ3n) is 11.0. The van der Waals surface area contributed by atoms with Crippen molar-refractivity contribution in [2.75, 3.05) is 46.9 Å². The Kier molecular flexibility index (Phi) is 10.5. The Morgan fingerprint density at radius 3 is 2.55 bits per heavy atom. The van der Waals surface area contributed by atoms with Crippen molar-refractivity contribution in [3.05, 3.63) is 94.9 Å². The SMILES string of the molecule is C=CC(=O)NC1=CC(N2CCN(CC)CC2)CC=C1NC1=NC=C2C=C(C3C(C)=C(OC)C=C(OC)C3C)c3nc(C)cn3C2CCC1C. The molecule has 10 heteroatoms. The van der Waals surface area contributed by atoms with Crippen molar-refractivity contribution in [1.29, 1.82) is 0 Å². The van der Waals surface area contributed by atoms with Gasteiger partial charge in [0.05, 0.1) is 37.3 Å². The maximum Gasteiger partial charge on any atom is 0.247 e. The number of hydrogen-bond acceptors (Lipinski definition) is 8. The predicted octanol–water partition coefficient (Wildman–Crippen LogP) is 5.63. The van der Waals surface area contributed by atoms with Crippen LogP contribution in [-0.4, -0.2) is 84.1 Å². The second kappa shape index (κ2) is 14.8. The molecule has 1 amide bonds. The van der Waals surface area contributed by atoms with Crippen LogP contribution >= 0.6 is 0 Å². The average molecular weight is 668 g/mol. The number of allylic oxidation sites excluding steroid dienone is 6. The molecule has 10 nitrogen and oxygen atoms in total. The predicted molar refractivity (Wildman–Crippen MR) is 195 cm³/mol. The number of methoxy groups -OCH3 is 2. The fourth-order valence-electron chi connectivity index (χ4n) is 8.05. The third-order valence-corrected chi connectivity index (χ3v) is 11.0. The van der Waals surface area contributed by atoms with Gasteiger partial charge in [0.2, 0.25) is 5.91 Å². The van der Waals surface area contributed by atoms with Gasteiger partial charge in [-0.25, -0.2) is 9.98 Å². The van der Waals surface area contributed by atoms with Gasteiger partial charge in [-0.1, -0.05) is 33.4 Å². The summed E-state index contributed by atoms with van der Waals surface area (Å²) in [7, 11) is 3.44. The van der Waals surface area contributed by atoms with E-state index in [1.54, 1.807) is 14.2 Å². The quantitative estimate of drug-likeness (QED) is 0.347.